The van der Waals surface area contributed by atoms with Gasteiger partial charge in [0.1, 0.15) is 0 Å². The third-order valence-electron chi connectivity index (χ3n) is 3.30. The quantitative estimate of drug-likeness (QED) is 0.736. The third kappa shape index (κ3) is 4.17. The number of halogens is 1. The van der Waals surface area contributed by atoms with Crippen molar-refractivity contribution in [1.29, 1.82) is 0 Å². The molecular formula is C17H16ClN5. The zero-order valence-corrected chi connectivity index (χ0v) is 13.4. The van der Waals surface area contributed by atoms with Gasteiger partial charge in [-0.25, -0.2) is 0 Å². The Labute approximate surface area is 139 Å². The van der Waals surface area contributed by atoms with E-state index in [-0.39, 0.29) is 0 Å². The summed E-state index contributed by atoms with van der Waals surface area (Å²) in [7, 11) is 0. The summed E-state index contributed by atoms with van der Waals surface area (Å²) in [6.45, 7) is 2.63. The van der Waals surface area contributed by atoms with Crippen LogP contribution in [-0.4, -0.2) is 15.2 Å². The van der Waals surface area contributed by atoms with Crippen molar-refractivity contribution in [1.82, 2.24) is 15.2 Å². The van der Waals surface area contributed by atoms with Crippen molar-refractivity contribution in [2.24, 2.45) is 0 Å². The lowest BCUT2D eigenvalue weighted by Gasteiger charge is -2.10. The SMILES string of the molecule is Cc1cc(Cl)ccc1Nc1cnnc(NCc2ccccc2)n1. The predicted molar refractivity (Wildman–Crippen MR) is 93.1 cm³/mol. The first-order chi connectivity index (χ1) is 11.2. The first-order valence-corrected chi connectivity index (χ1v) is 7.59. The van der Waals surface area contributed by atoms with E-state index in [9.17, 15) is 0 Å². The fourth-order valence-electron chi connectivity index (χ4n) is 2.12. The number of hydrogen-bond acceptors (Lipinski definition) is 5. The van der Waals surface area contributed by atoms with E-state index in [1.807, 2.05) is 55.5 Å². The van der Waals surface area contributed by atoms with Gasteiger partial charge in [0, 0.05) is 17.3 Å². The van der Waals surface area contributed by atoms with E-state index in [4.69, 9.17) is 11.6 Å². The largest absolute Gasteiger partial charge is 0.349 e. The van der Waals surface area contributed by atoms with Crippen molar-refractivity contribution in [3.05, 3.63) is 70.9 Å². The third-order valence-corrected chi connectivity index (χ3v) is 3.54. The molecule has 0 amide bonds. The minimum Gasteiger partial charge on any atom is -0.349 e. The lowest BCUT2D eigenvalue weighted by atomic mass is 10.2. The molecular weight excluding hydrogens is 310 g/mol. The van der Waals surface area contributed by atoms with Crippen molar-refractivity contribution in [3.8, 4) is 0 Å². The summed E-state index contributed by atoms with van der Waals surface area (Å²) >= 11 is 5.97. The summed E-state index contributed by atoms with van der Waals surface area (Å²) < 4.78 is 0. The van der Waals surface area contributed by atoms with Crippen LogP contribution in [-0.2, 0) is 6.54 Å². The second-order valence-electron chi connectivity index (χ2n) is 5.09. The summed E-state index contributed by atoms with van der Waals surface area (Å²) in [6, 6.07) is 15.7. The molecule has 2 N–H and O–H groups in total. The number of rotatable bonds is 5. The number of nitrogens with zero attached hydrogens (tertiary/aromatic N) is 3. The van der Waals surface area contributed by atoms with Gasteiger partial charge in [0.25, 0.3) is 0 Å². The molecule has 2 aromatic carbocycles. The van der Waals surface area contributed by atoms with Crippen molar-refractivity contribution in [2.75, 3.05) is 10.6 Å². The highest BCUT2D eigenvalue weighted by Crippen LogP contribution is 2.22. The van der Waals surface area contributed by atoms with Crippen LogP contribution in [0.5, 0.6) is 0 Å². The highest BCUT2D eigenvalue weighted by atomic mass is 35.5. The van der Waals surface area contributed by atoms with Gasteiger partial charge in [-0.3, -0.25) is 0 Å². The molecule has 0 radical (unpaired) electrons. The molecule has 0 aliphatic carbocycles. The normalized spacial score (nSPS) is 10.3. The Balaban J connectivity index is 1.69. The minimum atomic E-state index is 0.477. The van der Waals surface area contributed by atoms with Crippen molar-refractivity contribution < 1.29 is 0 Å². The summed E-state index contributed by atoms with van der Waals surface area (Å²) in [4.78, 5) is 4.42. The van der Waals surface area contributed by atoms with Gasteiger partial charge in [-0.1, -0.05) is 41.9 Å². The Hall–Kier alpha value is -2.66. The molecule has 0 unspecified atom stereocenters. The average Bonchev–Trinajstić information content (AvgIpc) is 2.57. The first-order valence-electron chi connectivity index (χ1n) is 7.21. The number of anilines is 3. The molecule has 0 atom stereocenters. The maximum atomic E-state index is 5.97. The van der Waals surface area contributed by atoms with Gasteiger partial charge < -0.3 is 10.6 Å². The molecule has 0 aliphatic rings. The average molecular weight is 326 g/mol. The molecule has 23 heavy (non-hydrogen) atoms. The Morgan fingerprint density at radius 3 is 2.70 bits per heavy atom. The molecule has 0 aliphatic heterocycles. The molecule has 1 aromatic heterocycles. The Kier molecular flexibility index (Phi) is 4.68. The standard InChI is InChI=1S/C17H16ClN5/c1-12-9-14(18)7-8-15(12)21-16-11-20-23-17(22-16)19-10-13-5-3-2-4-6-13/h2-9,11H,10H2,1H3,(H2,19,21,22,23). The topological polar surface area (TPSA) is 62.7 Å². The Morgan fingerprint density at radius 2 is 1.91 bits per heavy atom. The molecule has 116 valence electrons. The summed E-state index contributed by atoms with van der Waals surface area (Å²) in [5, 5.41) is 15.1. The van der Waals surface area contributed by atoms with Crippen LogP contribution >= 0.6 is 11.6 Å². The lowest BCUT2D eigenvalue weighted by molar-refractivity contribution is 0.948. The zero-order chi connectivity index (χ0) is 16.1. The van der Waals surface area contributed by atoms with Crippen LogP contribution in [0.3, 0.4) is 0 Å². The summed E-state index contributed by atoms with van der Waals surface area (Å²) in [5.41, 5.74) is 3.13. The number of aryl methyl sites for hydroxylation is 1. The Morgan fingerprint density at radius 1 is 1.09 bits per heavy atom. The maximum Gasteiger partial charge on any atom is 0.244 e. The molecule has 6 heteroatoms. The minimum absolute atomic E-state index is 0.477. The number of benzene rings is 2. The van der Waals surface area contributed by atoms with Crippen LogP contribution < -0.4 is 10.6 Å². The van der Waals surface area contributed by atoms with Crippen LogP contribution in [0.1, 0.15) is 11.1 Å². The second kappa shape index (κ2) is 7.07. The van der Waals surface area contributed by atoms with Gasteiger partial charge in [-0.15, -0.1) is 5.10 Å². The maximum absolute atomic E-state index is 5.97. The van der Waals surface area contributed by atoms with E-state index in [2.05, 4.69) is 25.8 Å². The number of aromatic nitrogens is 3. The lowest BCUT2D eigenvalue weighted by Crippen LogP contribution is -2.06. The monoisotopic (exact) mass is 325 g/mol. The second-order valence-corrected chi connectivity index (χ2v) is 5.53. The molecule has 0 saturated heterocycles. The van der Waals surface area contributed by atoms with E-state index in [0.29, 0.717) is 23.3 Å². The van der Waals surface area contributed by atoms with Crippen LogP contribution in [0.15, 0.2) is 54.7 Å². The molecule has 0 bridgehead atoms. The number of nitrogens with one attached hydrogen (secondary N) is 2. The number of hydrogen-bond donors (Lipinski definition) is 2. The van der Waals surface area contributed by atoms with Gasteiger partial charge in [-0.2, -0.15) is 10.1 Å². The van der Waals surface area contributed by atoms with Gasteiger partial charge >= 0.3 is 0 Å². The first kappa shape index (κ1) is 15.2. The van der Waals surface area contributed by atoms with Crippen LogP contribution in [0.25, 0.3) is 0 Å². The van der Waals surface area contributed by atoms with E-state index >= 15 is 0 Å². The van der Waals surface area contributed by atoms with Crippen molar-refractivity contribution >= 4 is 29.1 Å². The van der Waals surface area contributed by atoms with Gasteiger partial charge in [0.05, 0.1) is 6.20 Å². The van der Waals surface area contributed by atoms with Gasteiger partial charge in [0.15, 0.2) is 5.82 Å². The molecule has 3 rings (SSSR count). The highest BCUT2D eigenvalue weighted by molar-refractivity contribution is 6.30. The fourth-order valence-corrected chi connectivity index (χ4v) is 2.35. The van der Waals surface area contributed by atoms with E-state index in [0.717, 1.165) is 16.8 Å². The van der Waals surface area contributed by atoms with Crippen LogP contribution in [0.2, 0.25) is 5.02 Å². The summed E-state index contributed by atoms with van der Waals surface area (Å²) in [5.74, 6) is 1.10. The Bertz CT molecular complexity index is 792. The molecule has 1 heterocycles. The van der Waals surface area contributed by atoms with Crippen molar-refractivity contribution in [3.63, 3.8) is 0 Å². The highest BCUT2D eigenvalue weighted by Gasteiger charge is 2.04. The molecule has 5 nitrogen and oxygen atoms in total. The van der Waals surface area contributed by atoms with Gasteiger partial charge in [-0.05, 0) is 36.2 Å². The molecule has 0 spiro atoms. The molecule has 3 aromatic rings. The summed E-state index contributed by atoms with van der Waals surface area (Å²) in [6.07, 6.45) is 1.59. The van der Waals surface area contributed by atoms with Crippen LogP contribution in [0.4, 0.5) is 17.5 Å². The smallest absolute Gasteiger partial charge is 0.244 e. The van der Waals surface area contributed by atoms with E-state index in [1.165, 1.54) is 0 Å². The predicted octanol–water partition coefficient (Wildman–Crippen LogP) is 4.19. The van der Waals surface area contributed by atoms with Gasteiger partial charge in [0.2, 0.25) is 5.95 Å². The van der Waals surface area contributed by atoms with E-state index < -0.39 is 0 Å². The van der Waals surface area contributed by atoms with Crippen molar-refractivity contribution in [2.45, 2.75) is 13.5 Å². The zero-order valence-electron chi connectivity index (χ0n) is 12.6. The van der Waals surface area contributed by atoms with E-state index in [1.54, 1.807) is 6.20 Å². The molecule has 0 fully saturated rings. The molecule has 0 saturated carbocycles. The fraction of sp³-hybridized carbons (Fsp3) is 0.118. The van der Waals surface area contributed by atoms with Crippen LogP contribution in [0, 0.1) is 6.92 Å².